The Morgan fingerprint density at radius 2 is 2.24 bits per heavy atom. The number of benzene rings is 1. The molecule has 1 aromatic carbocycles. The van der Waals surface area contributed by atoms with E-state index < -0.39 is 5.82 Å². The summed E-state index contributed by atoms with van der Waals surface area (Å²) >= 11 is 5.63. The molecule has 90 valence electrons. The molecule has 2 aromatic rings. The third-order valence-electron chi connectivity index (χ3n) is 2.56. The third kappa shape index (κ3) is 2.80. The van der Waals surface area contributed by atoms with E-state index in [1.807, 2.05) is 19.1 Å². The molecule has 1 aromatic heterocycles. The number of hydrogen-bond acceptors (Lipinski definition) is 2. The fourth-order valence-corrected chi connectivity index (χ4v) is 1.77. The quantitative estimate of drug-likeness (QED) is 0.859. The van der Waals surface area contributed by atoms with Crippen molar-refractivity contribution in [3.05, 3.63) is 53.2 Å². The molecular weight excluding hydrogens is 241 g/mol. The van der Waals surface area contributed by atoms with E-state index in [1.165, 1.54) is 12.1 Å². The highest BCUT2D eigenvalue weighted by atomic mass is 35.5. The molecule has 0 aliphatic carbocycles. The minimum Gasteiger partial charge on any atom is -0.467 e. The predicted octanol–water partition coefficient (Wildman–Crippen LogP) is 4.64. The monoisotopic (exact) mass is 253 g/mol. The number of rotatable bonds is 4. The maximum atomic E-state index is 13.3. The van der Waals surface area contributed by atoms with Crippen LogP contribution in [-0.2, 0) is 0 Å². The molecular formula is C13H13ClFNO. The molecule has 0 aliphatic heterocycles. The maximum absolute atomic E-state index is 13.3. The zero-order valence-corrected chi connectivity index (χ0v) is 10.2. The van der Waals surface area contributed by atoms with Gasteiger partial charge < -0.3 is 9.73 Å². The lowest BCUT2D eigenvalue weighted by Gasteiger charge is -2.16. The number of anilines is 1. The molecule has 0 radical (unpaired) electrons. The van der Waals surface area contributed by atoms with Crippen molar-refractivity contribution in [1.29, 1.82) is 0 Å². The van der Waals surface area contributed by atoms with Gasteiger partial charge in [-0.1, -0.05) is 18.5 Å². The molecule has 0 saturated heterocycles. The minimum atomic E-state index is -0.425. The van der Waals surface area contributed by atoms with Gasteiger partial charge in [-0.15, -0.1) is 0 Å². The largest absolute Gasteiger partial charge is 0.467 e. The first-order valence-corrected chi connectivity index (χ1v) is 5.83. The highest BCUT2D eigenvalue weighted by molar-refractivity contribution is 6.30. The summed E-state index contributed by atoms with van der Waals surface area (Å²) in [4.78, 5) is 0. The summed E-state index contributed by atoms with van der Waals surface area (Å²) in [5.41, 5.74) is 0.690. The van der Waals surface area contributed by atoms with Crippen molar-refractivity contribution in [2.24, 2.45) is 0 Å². The molecule has 0 saturated carbocycles. The van der Waals surface area contributed by atoms with Crippen LogP contribution in [0.4, 0.5) is 10.1 Å². The summed E-state index contributed by atoms with van der Waals surface area (Å²) in [7, 11) is 0. The predicted molar refractivity (Wildman–Crippen MR) is 66.8 cm³/mol. The van der Waals surface area contributed by atoms with Gasteiger partial charge in [0, 0.05) is 5.69 Å². The van der Waals surface area contributed by atoms with E-state index >= 15 is 0 Å². The van der Waals surface area contributed by atoms with Crippen molar-refractivity contribution < 1.29 is 8.81 Å². The fourth-order valence-electron chi connectivity index (χ4n) is 1.65. The van der Waals surface area contributed by atoms with Crippen LogP contribution in [0.2, 0.25) is 5.02 Å². The number of hydrogen-bond donors (Lipinski definition) is 1. The van der Waals surface area contributed by atoms with Gasteiger partial charge >= 0.3 is 0 Å². The molecule has 0 bridgehead atoms. The van der Waals surface area contributed by atoms with Crippen LogP contribution in [0.5, 0.6) is 0 Å². The van der Waals surface area contributed by atoms with Gasteiger partial charge in [0.2, 0.25) is 0 Å². The molecule has 1 unspecified atom stereocenters. The molecule has 0 spiro atoms. The second kappa shape index (κ2) is 5.23. The first kappa shape index (κ1) is 12.0. The number of halogens is 2. The second-order valence-corrected chi connectivity index (χ2v) is 4.16. The molecule has 17 heavy (non-hydrogen) atoms. The Balaban J connectivity index is 2.16. The Kier molecular flexibility index (Phi) is 3.69. The van der Waals surface area contributed by atoms with E-state index in [9.17, 15) is 4.39 Å². The lowest BCUT2D eigenvalue weighted by molar-refractivity contribution is 0.474. The van der Waals surface area contributed by atoms with Crippen LogP contribution >= 0.6 is 11.6 Å². The van der Waals surface area contributed by atoms with E-state index in [2.05, 4.69) is 5.32 Å². The van der Waals surface area contributed by atoms with Crippen LogP contribution in [0.25, 0.3) is 0 Å². The second-order valence-electron chi connectivity index (χ2n) is 3.75. The van der Waals surface area contributed by atoms with Gasteiger partial charge in [-0.25, -0.2) is 4.39 Å². The zero-order chi connectivity index (χ0) is 12.3. The van der Waals surface area contributed by atoms with Crippen LogP contribution in [0.3, 0.4) is 0 Å². The van der Waals surface area contributed by atoms with Gasteiger partial charge in [-0.3, -0.25) is 0 Å². The average molecular weight is 254 g/mol. The smallest absolute Gasteiger partial charge is 0.143 e. The molecule has 1 atom stereocenters. The standard InChI is InChI=1S/C13H13ClFNO/c1-2-12(13-4-3-7-17-13)16-9-5-6-10(14)11(15)8-9/h3-8,12,16H,2H2,1H3. The van der Waals surface area contributed by atoms with Gasteiger partial charge in [0.1, 0.15) is 11.6 Å². The highest BCUT2D eigenvalue weighted by Gasteiger charge is 2.12. The molecule has 2 nitrogen and oxygen atoms in total. The van der Waals surface area contributed by atoms with Gasteiger partial charge in [-0.05, 0) is 36.8 Å². The lowest BCUT2D eigenvalue weighted by Crippen LogP contribution is -2.08. The Hall–Kier alpha value is -1.48. The van der Waals surface area contributed by atoms with Gasteiger partial charge in [-0.2, -0.15) is 0 Å². The summed E-state index contributed by atoms with van der Waals surface area (Å²) in [6.45, 7) is 2.03. The molecule has 1 heterocycles. The van der Waals surface area contributed by atoms with Crippen LogP contribution in [-0.4, -0.2) is 0 Å². The summed E-state index contributed by atoms with van der Waals surface area (Å²) in [5, 5.41) is 3.33. The third-order valence-corrected chi connectivity index (χ3v) is 2.86. The van der Waals surface area contributed by atoms with Crippen molar-refractivity contribution in [3.8, 4) is 0 Å². The number of furan rings is 1. The lowest BCUT2D eigenvalue weighted by atomic mass is 10.1. The van der Waals surface area contributed by atoms with Crippen molar-refractivity contribution in [2.45, 2.75) is 19.4 Å². The van der Waals surface area contributed by atoms with Crippen LogP contribution in [0.1, 0.15) is 25.1 Å². The van der Waals surface area contributed by atoms with Crippen molar-refractivity contribution in [1.82, 2.24) is 0 Å². The molecule has 4 heteroatoms. The summed E-state index contributed by atoms with van der Waals surface area (Å²) < 4.78 is 18.6. The first-order valence-electron chi connectivity index (χ1n) is 5.45. The normalized spacial score (nSPS) is 12.4. The molecule has 0 fully saturated rings. The Morgan fingerprint density at radius 3 is 2.82 bits per heavy atom. The van der Waals surface area contributed by atoms with E-state index in [4.69, 9.17) is 16.0 Å². The minimum absolute atomic E-state index is 0.0329. The van der Waals surface area contributed by atoms with Crippen molar-refractivity contribution in [3.63, 3.8) is 0 Å². The van der Waals surface area contributed by atoms with E-state index in [0.717, 1.165) is 12.2 Å². The molecule has 2 rings (SSSR count). The summed E-state index contributed by atoms with van der Waals surface area (Å²) in [6, 6.07) is 8.43. The van der Waals surface area contributed by atoms with Crippen LogP contribution in [0.15, 0.2) is 41.0 Å². The summed E-state index contributed by atoms with van der Waals surface area (Å²) in [6.07, 6.45) is 2.47. The van der Waals surface area contributed by atoms with Crippen molar-refractivity contribution in [2.75, 3.05) is 5.32 Å². The Labute approximate surface area is 104 Å². The summed E-state index contributed by atoms with van der Waals surface area (Å²) in [5.74, 6) is 0.411. The van der Waals surface area contributed by atoms with Gasteiger partial charge in [0.15, 0.2) is 0 Å². The van der Waals surface area contributed by atoms with Gasteiger partial charge in [0.25, 0.3) is 0 Å². The SMILES string of the molecule is CCC(Nc1ccc(Cl)c(F)c1)c1ccco1. The zero-order valence-electron chi connectivity index (χ0n) is 9.41. The Bertz CT molecular complexity index is 484. The highest BCUT2D eigenvalue weighted by Crippen LogP contribution is 2.25. The average Bonchev–Trinajstić information content (AvgIpc) is 2.84. The topological polar surface area (TPSA) is 25.2 Å². The first-order chi connectivity index (χ1) is 8.20. The van der Waals surface area contributed by atoms with Crippen LogP contribution < -0.4 is 5.32 Å². The van der Waals surface area contributed by atoms with E-state index in [1.54, 1.807) is 12.3 Å². The fraction of sp³-hybridized carbons (Fsp3) is 0.231. The Morgan fingerprint density at radius 1 is 1.41 bits per heavy atom. The van der Waals surface area contributed by atoms with Gasteiger partial charge in [0.05, 0.1) is 17.3 Å². The number of nitrogens with one attached hydrogen (secondary N) is 1. The molecule has 0 amide bonds. The maximum Gasteiger partial charge on any atom is 0.143 e. The molecule has 0 aliphatic rings. The van der Waals surface area contributed by atoms with E-state index in [0.29, 0.717) is 5.69 Å². The molecule has 1 N–H and O–H groups in total. The van der Waals surface area contributed by atoms with Crippen LogP contribution in [0, 0.1) is 5.82 Å². The van der Waals surface area contributed by atoms with E-state index in [-0.39, 0.29) is 11.1 Å². The van der Waals surface area contributed by atoms with Crippen molar-refractivity contribution >= 4 is 17.3 Å².